The van der Waals surface area contributed by atoms with Crippen LogP contribution < -0.4 is 10.6 Å². The van der Waals surface area contributed by atoms with Crippen LogP contribution in [-0.4, -0.2) is 30.3 Å². The van der Waals surface area contributed by atoms with Gasteiger partial charge in [-0.25, -0.2) is 0 Å². The van der Waals surface area contributed by atoms with Gasteiger partial charge in [-0.1, -0.05) is 0 Å². The van der Waals surface area contributed by atoms with E-state index in [1.165, 1.54) is 12.3 Å². The molecule has 2 bridgehead atoms. The summed E-state index contributed by atoms with van der Waals surface area (Å²) in [5, 5.41) is 7.57. The molecule has 0 aromatic heterocycles. The van der Waals surface area contributed by atoms with Crippen LogP contribution in [-0.2, 0) is 0 Å². The third-order valence-electron chi connectivity index (χ3n) is 1.64. The fraction of sp³-hybridized carbons (Fsp3) is 1.00. The molecule has 2 rings (SSSR count). The molecular weight excluding hydrogens is 120 g/mol. The van der Waals surface area contributed by atoms with Crippen molar-refractivity contribution in [1.82, 2.24) is 10.6 Å². The van der Waals surface area contributed by atoms with E-state index in [2.05, 4.69) is 10.6 Å². The molecule has 0 aromatic rings. The molecular formula is C5H10N2S. The third-order valence-corrected chi connectivity index (χ3v) is 2.94. The minimum Gasteiger partial charge on any atom is -0.313 e. The fourth-order valence-corrected chi connectivity index (χ4v) is 2.42. The van der Waals surface area contributed by atoms with E-state index in [0.29, 0.717) is 5.37 Å². The number of rotatable bonds is 0. The van der Waals surface area contributed by atoms with Crippen LogP contribution in [0, 0.1) is 0 Å². The molecule has 2 aliphatic heterocycles. The zero-order valence-electron chi connectivity index (χ0n) is 4.68. The van der Waals surface area contributed by atoms with Crippen molar-refractivity contribution in [3.05, 3.63) is 0 Å². The molecule has 2 aliphatic rings. The van der Waals surface area contributed by atoms with Crippen LogP contribution in [0.15, 0.2) is 0 Å². The summed E-state index contributed by atoms with van der Waals surface area (Å²) in [7, 11) is 0. The van der Waals surface area contributed by atoms with Gasteiger partial charge in [0.1, 0.15) is 0 Å². The minimum absolute atomic E-state index is 0.716. The quantitative estimate of drug-likeness (QED) is 0.467. The lowest BCUT2D eigenvalue weighted by Gasteiger charge is -2.19. The molecule has 2 heterocycles. The topological polar surface area (TPSA) is 24.1 Å². The summed E-state index contributed by atoms with van der Waals surface area (Å²) in [6.45, 7) is 2.32. The highest BCUT2D eigenvalue weighted by atomic mass is 32.2. The van der Waals surface area contributed by atoms with Gasteiger partial charge in [-0.3, -0.25) is 5.32 Å². The van der Waals surface area contributed by atoms with Gasteiger partial charge in [0.15, 0.2) is 0 Å². The van der Waals surface area contributed by atoms with Gasteiger partial charge in [0, 0.05) is 24.9 Å². The van der Waals surface area contributed by atoms with E-state index >= 15 is 0 Å². The highest BCUT2D eigenvalue weighted by Crippen LogP contribution is 2.19. The van der Waals surface area contributed by atoms with Crippen LogP contribution in [0.25, 0.3) is 0 Å². The highest BCUT2D eigenvalue weighted by molar-refractivity contribution is 8.00. The molecule has 2 N–H and O–H groups in total. The first kappa shape index (κ1) is 5.09. The third kappa shape index (κ3) is 0.747. The molecule has 46 valence electrons. The summed E-state index contributed by atoms with van der Waals surface area (Å²) < 4.78 is 0. The van der Waals surface area contributed by atoms with E-state index in [1.54, 1.807) is 0 Å². The predicted octanol–water partition coefficient (Wildman–Crippen LogP) is -0.379. The summed E-state index contributed by atoms with van der Waals surface area (Å²) in [5.74, 6) is 1.30. The van der Waals surface area contributed by atoms with Gasteiger partial charge in [0.05, 0.1) is 5.37 Å². The average Bonchev–Trinajstić information content (AvgIpc) is 2.12. The lowest BCUT2D eigenvalue weighted by atomic mass is 10.3. The standard InChI is InChI=1S/C5H10N2S/c1-4-3-8-5(7-4)2-6-1/h4-7H,1-3H2. The SMILES string of the molecule is C1NCC2NC1CS2. The first-order valence-electron chi connectivity index (χ1n) is 3.03. The number of thioether (sulfide) groups is 1. The van der Waals surface area contributed by atoms with Crippen molar-refractivity contribution in [2.75, 3.05) is 18.8 Å². The Labute approximate surface area is 53.4 Å². The Morgan fingerprint density at radius 1 is 1.38 bits per heavy atom. The normalized spacial score (nSPS) is 45.0. The van der Waals surface area contributed by atoms with Crippen LogP contribution in [0.4, 0.5) is 0 Å². The molecule has 2 unspecified atom stereocenters. The maximum atomic E-state index is 3.49. The summed E-state index contributed by atoms with van der Waals surface area (Å²) in [4.78, 5) is 0. The Bertz CT molecular complexity index is 82.4. The molecule has 2 fully saturated rings. The molecule has 0 spiro atoms. The van der Waals surface area contributed by atoms with Crippen molar-refractivity contribution in [2.45, 2.75) is 11.4 Å². The lowest BCUT2D eigenvalue weighted by molar-refractivity contribution is 0.447. The van der Waals surface area contributed by atoms with Crippen LogP contribution in [0.2, 0.25) is 0 Å². The van der Waals surface area contributed by atoms with E-state index < -0.39 is 0 Å². The van der Waals surface area contributed by atoms with Gasteiger partial charge in [-0.15, -0.1) is 11.8 Å². The van der Waals surface area contributed by atoms with E-state index in [1.807, 2.05) is 11.8 Å². The molecule has 0 aromatic carbocycles. The minimum atomic E-state index is 0.716. The molecule has 2 nitrogen and oxygen atoms in total. The lowest BCUT2D eigenvalue weighted by Crippen LogP contribution is -2.48. The molecule has 0 aliphatic carbocycles. The van der Waals surface area contributed by atoms with Crippen molar-refractivity contribution < 1.29 is 0 Å². The Morgan fingerprint density at radius 3 is 3.12 bits per heavy atom. The molecule has 3 heteroatoms. The van der Waals surface area contributed by atoms with E-state index in [0.717, 1.165) is 12.6 Å². The zero-order valence-corrected chi connectivity index (χ0v) is 5.50. The van der Waals surface area contributed by atoms with Crippen molar-refractivity contribution in [1.29, 1.82) is 0 Å². The number of hydrogen-bond donors (Lipinski definition) is 2. The predicted molar refractivity (Wildman–Crippen MR) is 36.0 cm³/mol. The maximum absolute atomic E-state index is 3.49. The van der Waals surface area contributed by atoms with E-state index in [9.17, 15) is 0 Å². The molecule has 0 saturated carbocycles. The Kier molecular flexibility index (Phi) is 1.21. The van der Waals surface area contributed by atoms with Crippen molar-refractivity contribution >= 4 is 11.8 Å². The number of piperazine rings is 1. The second kappa shape index (κ2) is 1.90. The Hall–Kier alpha value is 0.270. The van der Waals surface area contributed by atoms with Crippen molar-refractivity contribution in [3.63, 3.8) is 0 Å². The monoisotopic (exact) mass is 130 g/mol. The van der Waals surface area contributed by atoms with Gasteiger partial charge in [-0.2, -0.15) is 0 Å². The second-order valence-electron chi connectivity index (χ2n) is 2.34. The maximum Gasteiger partial charge on any atom is 0.0662 e. The summed E-state index contributed by atoms with van der Waals surface area (Å²) in [5.41, 5.74) is 0. The smallest absolute Gasteiger partial charge is 0.0662 e. The molecule has 8 heavy (non-hydrogen) atoms. The molecule has 2 saturated heterocycles. The Morgan fingerprint density at radius 2 is 2.38 bits per heavy atom. The number of hydrogen-bond acceptors (Lipinski definition) is 3. The van der Waals surface area contributed by atoms with E-state index in [-0.39, 0.29) is 0 Å². The van der Waals surface area contributed by atoms with Gasteiger partial charge in [0.2, 0.25) is 0 Å². The van der Waals surface area contributed by atoms with Gasteiger partial charge >= 0.3 is 0 Å². The summed E-state index contributed by atoms with van der Waals surface area (Å²) in [6, 6.07) is 0.763. The van der Waals surface area contributed by atoms with Crippen molar-refractivity contribution in [2.24, 2.45) is 0 Å². The number of fused-ring (bicyclic) bond motifs is 2. The van der Waals surface area contributed by atoms with Gasteiger partial charge in [0.25, 0.3) is 0 Å². The van der Waals surface area contributed by atoms with Crippen LogP contribution in [0.5, 0.6) is 0 Å². The average molecular weight is 130 g/mol. The summed E-state index contributed by atoms with van der Waals surface area (Å²) in [6.07, 6.45) is 0. The first-order valence-corrected chi connectivity index (χ1v) is 4.08. The highest BCUT2D eigenvalue weighted by Gasteiger charge is 2.27. The van der Waals surface area contributed by atoms with Crippen LogP contribution in [0.3, 0.4) is 0 Å². The van der Waals surface area contributed by atoms with Gasteiger partial charge in [-0.05, 0) is 0 Å². The fourth-order valence-electron chi connectivity index (χ4n) is 1.22. The van der Waals surface area contributed by atoms with E-state index in [4.69, 9.17) is 0 Å². The van der Waals surface area contributed by atoms with Crippen LogP contribution >= 0.6 is 11.8 Å². The van der Waals surface area contributed by atoms with Crippen molar-refractivity contribution in [3.8, 4) is 0 Å². The van der Waals surface area contributed by atoms with Crippen LogP contribution in [0.1, 0.15) is 0 Å². The largest absolute Gasteiger partial charge is 0.313 e. The number of nitrogens with one attached hydrogen (secondary N) is 2. The molecule has 0 amide bonds. The first-order chi connectivity index (χ1) is 3.95. The zero-order chi connectivity index (χ0) is 5.40. The Balaban J connectivity index is 2.03. The second-order valence-corrected chi connectivity index (χ2v) is 3.58. The molecule has 2 atom stereocenters. The summed E-state index contributed by atoms with van der Waals surface area (Å²) >= 11 is 2.04. The molecule has 0 radical (unpaired) electrons. The van der Waals surface area contributed by atoms with Gasteiger partial charge < -0.3 is 5.32 Å².